The molecule has 12 heteroatoms. The van der Waals surface area contributed by atoms with Gasteiger partial charge in [0, 0.05) is 33.5 Å². The third-order valence-electron chi connectivity index (χ3n) is 9.84. The van der Waals surface area contributed by atoms with E-state index in [0.29, 0.717) is 39.6 Å². The zero-order chi connectivity index (χ0) is 32.8. The summed E-state index contributed by atoms with van der Waals surface area (Å²) in [4.78, 5) is 31.2. The monoisotopic (exact) mass is 626 g/mol. The number of fused-ring (bicyclic) bond motifs is 7. The van der Waals surface area contributed by atoms with E-state index in [0.717, 1.165) is 0 Å². The zero-order valence-corrected chi connectivity index (χ0v) is 28.2. The maximum Gasteiger partial charge on any atom is 0.252 e. The van der Waals surface area contributed by atoms with Gasteiger partial charge in [0.2, 0.25) is 0 Å². The van der Waals surface area contributed by atoms with E-state index < -0.39 is 44.7 Å². The first-order valence-electron chi connectivity index (χ1n) is 14.5. The second-order valence-electron chi connectivity index (χ2n) is 13.2. The van der Waals surface area contributed by atoms with E-state index in [1.54, 1.807) is 18.0 Å². The van der Waals surface area contributed by atoms with Crippen LogP contribution in [-0.4, -0.2) is 86.2 Å². The molecule has 1 fully saturated rings. The lowest BCUT2D eigenvalue weighted by atomic mass is 9.77. The van der Waals surface area contributed by atoms with Crippen molar-refractivity contribution in [1.29, 1.82) is 0 Å². The molecule has 2 bridgehead atoms. The first-order valence-corrected chi connectivity index (χ1v) is 17.4. The normalized spacial score (nSPS) is 21.3. The number of piperazine rings is 1. The van der Waals surface area contributed by atoms with E-state index in [9.17, 15) is 24.9 Å². The summed E-state index contributed by atoms with van der Waals surface area (Å²) in [6.07, 6.45) is 1.80. The fourth-order valence-corrected chi connectivity index (χ4v) is 7.63. The first-order chi connectivity index (χ1) is 20.5. The lowest BCUT2D eigenvalue weighted by Crippen LogP contribution is -2.62. The van der Waals surface area contributed by atoms with Crippen LogP contribution in [0.2, 0.25) is 18.1 Å². The second-order valence-corrected chi connectivity index (χ2v) is 17.9. The van der Waals surface area contributed by atoms with Crippen molar-refractivity contribution >= 4 is 26.1 Å². The van der Waals surface area contributed by atoms with Crippen molar-refractivity contribution in [2.24, 2.45) is 0 Å². The fraction of sp³-hybridized carbons (Fsp3) is 0.500. The number of aromatic hydroxyl groups is 2. The number of benzene rings is 2. The summed E-state index contributed by atoms with van der Waals surface area (Å²) in [6, 6.07) is -3.14. The van der Waals surface area contributed by atoms with Crippen LogP contribution >= 0.6 is 0 Å². The molecule has 3 heterocycles. The van der Waals surface area contributed by atoms with Crippen LogP contribution in [0.25, 0.3) is 6.08 Å². The van der Waals surface area contributed by atoms with Gasteiger partial charge >= 0.3 is 0 Å². The molecule has 2 aromatic carbocycles. The van der Waals surface area contributed by atoms with Crippen molar-refractivity contribution in [2.45, 2.75) is 70.9 Å². The van der Waals surface area contributed by atoms with Crippen molar-refractivity contribution in [2.75, 3.05) is 35.0 Å². The number of carbonyl (C=O) groups excluding carboxylic acids is 2. The number of likely N-dealkylation sites (N-methyl/N-ethyl adjacent to an activating group) is 1. The molecule has 2 aromatic rings. The Labute approximate surface area is 258 Å². The molecule has 44 heavy (non-hydrogen) atoms. The molecule has 3 aliphatic rings. The minimum Gasteiger partial charge on any atom is -0.543 e. The quantitative estimate of drug-likeness (QED) is 0.237. The molecular formula is C32H42N2O9Si. The SMILES string of the molecule is COc1c(C)c(O)c2c(c1O)[C@H]1C3=Cc4c(O[Si](C)(C)C(C)(C)C)c(C)c(OC)c(OC)c4[C@H](CO)N3C(=O)[C@@H](C2=O)N1C. The van der Waals surface area contributed by atoms with E-state index in [1.807, 2.05) is 6.92 Å². The Morgan fingerprint density at radius 2 is 1.45 bits per heavy atom. The number of phenolic OH excluding ortho intramolecular Hbond substituents is 2. The van der Waals surface area contributed by atoms with Crippen molar-refractivity contribution in [3.05, 3.63) is 39.1 Å². The van der Waals surface area contributed by atoms with Crippen LogP contribution in [0.5, 0.6) is 34.5 Å². The Hall–Kier alpha value is -3.74. The number of nitrogens with zero attached hydrogens (tertiary/aromatic N) is 2. The number of Topliss-reactive ketones (excluding diaryl/α,β-unsaturated/α-hetero) is 1. The van der Waals surface area contributed by atoms with Crippen molar-refractivity contribution < 1.29 is 43.5 Å². The largest absolute Gasteiger partial charge is 0.543 e. The Kier molecular flexibility index (Phi) is 7.50. The first kappa shape index (κ1) is 31.7. The highest BCUT2D eigenvalue weighted by Gasteiger charge is 2.57. The minimum atomic E-state index is -2.44. The Morgan fingerprint density at radius 1 is 0.864 bits per heavy atom. The molecule has 1 saturated heterocycles. The Bertz CT molecular complexity index is 1630. The predicted molar refractivity (Wildman–Crippen MR) is 166 cm³/mol. The standard InChI is InChI=1S/C32H42N2O9Si/c1-14-24(36)21-20(26(38)28(14)40-7)22-17-12-16-19(18(13-35)34(17)31(39)23(25(21)37)33(22)6)30(42-9)29(41-8)15(2)27(16)43-44(10,11)32(3,4)5/h12,18,22-23,35-36,38H,13H2,1-11H3/t18-,22+,23+/m0/s1. The topological polar surface area (TPSA) is 138 Å². The van der Waals surface area contributed by atoms with Gasteiger partial charge in [0.25, 0.3) is 14.2 Å². The van der Waals surface area contributed by atoms with Gasteiger partial charge in [-0.2, -0.15) is 0 Å². The zero-order valence-electron chi connectivity index (χ0n) is 27.2. The molecule has 0 saturated carbocycles. The highest BCUT2D eigenvalue weighted by Crippen LogP contribution is 2.59. The van der Waals surface area contributed by atoms with E-state index in [2.05, 4.69) is 33.9 Å². The number of phenols is 2. The summed E-state index contributed by atoms with van der Waals surface area (Å²) in [5.41, 5.74) is 2.40. The second kappa shape index (κ2) is 10.4. The Morgan fingerprint density at radius 3 is 1.98 bits per heavy atom. The number of ether oxygens (including phenoxy) is 3. The van der Waals surface area contributed by atoms with Crippen LogP contribution < -0.4 is 18.6 Å². The van der Waals surface area contributed by atoms with Crippen LogP contribution in [-0.2, 0) is 4.79 Å². The summed E-state index contributed by atoms with van der Waals surface area (Å²) in [6.45, 7) is 13.6. The molecule has 0 unspecified atom stereocenters. The van der Waals surface area contributed by atoms with E-state index >= 15 is 0 Å². The molecular weight excluding hydrogens is 584 g/mol. The lowest BCUT2D eigenvalue weighted by Gasteiger charge is -2.52. The van der Waals surface area contributed by atoms with Crippen LogP contribution in [0.1, 0.15) is 71.0 Å². The van der Waals surface area contributed by atoms with E-state index in [4.69, 9.17) is 18.6 Å². The lowest BCUT2D eigenvalue weighted by molar-refractivity contribution is -0.141. The van der Waals surface area contributed by atoms with E-state index in [-0.39, 0.29) is 39.0 Å². The molecule has 238 valence electrons. The van der Waals surface area contributed by atoms with Gasteiger partial charge in [0.1, 0.15) is 11.5 Å². The molecule has 0 radical (unpaired) electrons. The summed E-state index contributed by atoms with van der Waals surface area (Å²) < 4.78 is 24.1. The van der Waals surface area contributed by atoms with Crippen molar-refractivity contribution in [3.8, 4) is 34.5 Å². The molecule has 5 rings (SSSR count). The third kappa shape index (κ3) is 4.07. The van der Waals surface area contributed by atoms with Crippen LogP contribution in [0.4, 0.5) is 0 Å². The number of ketones is 1. The number of methoxy groups -OCH3 is 3. The van der Waals surface area contributed by atoms with Gasteiger partial charge in [-0.25, -0.2) is 0 Å². The summed E-state index contributed by atoms with van der Waals surface area (Å²) in [7, 11) is 3.58. The third-order valence-corrected chi connectivity index (χ3v) is 14.2. The molecule has 0 aromatic heterocycles. The molecule has 0 spiro atoms. The molecule has 3 N–H and O–H groups in total. The van der Waals surface area contributed by atoms with Crippen molar-refractivity contribution in [1.82, 2.24) is 9.80 Å². The van der Waals surface area contributed by atoms with Gasteiger partial charge in [-0.05, 0) is 45.1 Å². The highest BCUT2D eigenvalue weighted by atomic mass is 28.4. The fourth-order valence-electron chi connectivity index (χ4n) is 6.55. The van der Waals surface area contributed by atoms with Gasteiger partial charge in [0.15, 0.2) is 34.8 Å². The van der Waals surface area contributed by atoms with Gasteiger partial charge in [0.05, 0.1) is 45.6 Å². The number of aliphatic hydroxyl groups is 1. The number of amides is 1. The number of rotatable bonds is 6. The van der Waals surface area contributed by atoms with Crippen LogP contribution in [0, 0.1) is 13.8 Å². The summed E-state index contributed by atoms with van der Waals surface area (Å²) in [5.74, 6) is -0.528. The summed E-state index contributed by atoms with van der Waals surface area (Å²) in [5, 5.41) is 33.5. The van der Waals surface area contributed by atoms with Crippen molar-refractivity contribution in [3.63, 3.8) is 0 Å². The summed E-state index contributed by atoms with van der Waals surface area (Å²) >= 11 is 0. The molecule has 11 nitrogen and oxygen atoms in total. The van der Waals surface area contributed by atoms with Gasteiger partial charge < -0.3 is 38.9 Å². The van der Waals surface area contributed by atoms with Gasteiger partial charge in [-0.1, -0.05) is 20.8 Å². The molecule has 3 atom stereocenters. The molecule has 1 amide bonds. The predicted octanol–water partition coefficient (Wildman–Crippen LogP) is 4.59. The average molecular weight is 627 g/mol. The average Bonchev–Trinajstić information content (AvgIpc) is 2.95. The molecule has 0 aliphatic carbocycles. The number of carbonyl (C=O) groups is 2. The van der Waals surface area contributed by atoms with Gasteiger partial charge in [-0.3, -0.25) is 14.5 Å². The van der Waals surface area contributed by atoms with Crippen LogP contribution in [0.3, 0.4) is 0 Å². The van der Waals surface area contributed by atoms with Crippen LogP contribution in [0.15, 0.2) is 5.70 Å². The number of hydrogen-bond acceptors (Lipinski definition) is 10. The number of hydrogen-bond donors (Lipinski definition) is 3. The van der Waals surface area contributed by atoms with E-state index in [1.165, 1.54) is 33.2 Å². The maximum absolute atomic E-state index is 14.3. The highest BCUT2D eigenvalue weighted by molar-refractivity contribution is 6.74. The Balaban J connectivity index is 1.92. The number of aliphatic hydroxyl groups excluding tert-OH is 1. The van der Waals surface area contributed by atoms with Gasteiger partial charge in [-0.15, -0.1) is 0 Å². The smallest absolute Gasteiger partial charge is 0.252 e. The minimum absolute atomic E-state index is 0.0315. The maximum atomic E-state index is 14.3. The molecule has 3 aliphatic heterocycles.